The summed E-state index contributed by atoms with van der Waals surface area (Å²) in [7, 11) is 0. The lowest BCUT2D eigenvalue weighted by Gasteiger charge is -2.24. The van der Waals surface area contributed by atoms with E-state index in [1.807, 2.05) is 11.8 Å². The molecule has 0 aliphatic carbocycles. The van der Waals surface area contributed by atoms with E-state index in [0.29, 0.717) is 12.1 Å². The lowest BCUT2D eigenvalue weighted by molar-refractivity contribution is 0.209. The van der Waals surface area contributed by atoms with Crippen LogP contribution in [0.2, 0.25) is 0 Å². The molecule has 0 amide bonds. The van der Waals surface area contributed by atoms with Crippen molar-refractivity contribution in [1.82, 2.24) is 5.32 Å². The molecule has 0 saturated carbocycles. The van der Waals surface area contributed by atoms with Crippen LogP contribution in [0.1, 0.15) is 31.2 Å². The summed E-state index contributed by atoms with van der Waals surface area (Å²) in [5, 5.41) is 3.58. The van der Waals surface area contributed by atoms with Gasteiger partial charge in [0.25, 0.3) is 0 Å². The van der Waals surface area contributed by atoms with Crippen molar-refractivity contribution in [3.63, 3.8) is 0 Å². The van der Waals surface area contributed by atoms with Gasteiger partial charge < -0.3 is 10.1 Å². The van der Waals surface area contributed by atoms with Crippen LogP contribution in [-0.2, 0) is 6.42 Å². The summed E-state index contributed by atoms with van der Waals surface area (Å²) in [5.41, 5.74) is 1.37. The van der Waals surface area contributed by atoms with E-state index in [2.05, 4.69) is 29.6 Å². The molecule has 1 N–H and O–H groups in total. The van der Waals surface area contributed by atoms with Crippen molar-refractivity contribution in [2.24, 2.45) is 0 Å². The Morgan fingerprint density at radius 1 is 1.21 bits per heavy atom. The lowest BCUT2D eigenvalue weighted by Crippen LogP contribution is -2.26. The maximum Gasteiger partial charge on any atom is 0.123 e. The van der Waals surface area contributed by atoms with Gasteiger partial charge in [-0.2, -0.15) is 11.8 Å². The minimum absolute atomic E-state index is 0.413. The Kier molecular flexibility index (Phi) is 4.67. The Bertz CT molecular complexity index is 397. The molecule has 0 spiro atoms. The second kappa shape index (κ2) is 6.67. The average Bonchev–Trinajstić information content (AvgIpc) is 2.95. The second-order valence-corrected chi connectivity index (χ2v) is 6.71. The minimum atomic E-state index is 0.413. The first kappa shape index (κ1) is 13.3. The zero-order valence-electron chi connectivity index (χ0n) is 11.4. The highest BCUT2D eigenvalue weighted by Crippen LogP contribution is 2.27. The molecule has 0 radical (unpaired) electrons. The van der Waals surface area contributed by atoms with Gasteiger partial charge in [0.2, 0.25) is 0 Å². The van der Waals surface area contributed by atoms with Gasteiger partial charge in [-0.1, -0.05) is 18.2 Å². The van der Waals surface area contributed by atoms with E-state index in [-0.39, 0.29) is 0 Å². The van der Waals surface area contributed by atoms with Crippen molar-refractivity contribution in [2.75, 3.05) is 18.1 Å². The van der Waals surface area contributed by atoms with Crippen molar-refractivity contribution in [3.8, 4) is 5.75 Å². The number of hydrogen-bond donors (Lipinski definition) is 1. The van der Waals surface area contributed by atoms with Crippen LogP contribution in [0.3, 0.4) is 0 Å². The molecule has 2 saturated heterocycles. The standard InChI is InChI=1S/C16H23NOS/c1-2-8-16(18-15-7-4-10-19-12-15)13(5-1)11-14-6-3-9-17-14/h1-2,5,8,14-15,17H,3-4,6-7,9-12H2. The van der Waals surface area contributed by atoms with Crippen LogP contribution in [0.15, 0.2) is 24.3 Å². The maximum absolute atomic E-state index is 6.25. The Labute approximate surface area is 120 Å². The van der Waals surface area contributed by atoms with Crippen molar-refractivity contribution < 1.29 is 4.74 Å². The highest BCUT2D eigenvalue weighted by Gasteiger charge is 2.19. The number of ether oxygens (including phenoxy) is 1. The fraction of sp³-hybridized carbons (Fsp3) is 0.625. The quantitative estimate of drug-likeness (QED) is 0.913. The molecule has 3 heteroatoms. The SMILES string of the molecule is c1ccc(OC2CCCSC2)c(CC2CCCN2)c1. The predicted octanol–water partition coefficient (Wildman–Crippen LogP) is 3.26. The van der Waals surface area contributed by atoms with Gasteiger partial charge in [-0.05, 0) is 56.0 Å². The number of rotatable bonds is 4. The maximum atomic E-state index is 6.25. The molecule has 2 atom stereocenters. The summed E-state index contributed by atoms with van der Waals surface area (Å²) in [5.74, 6) is 3.56. The number of benzene rings is 1. The van der Waals surface area contributed by atoms with Crippen molar-refractivity contribution in [3.05, 3.63) is 29.8 Å². The van der Waals surface area contributed by atoms with E-state index in [1.165, 1.54) is 43.5 Å². The monoisotopic (exact) mass is 277 g/mol. The van der Waals surface area contributed by atoms with Crippen LogP contribution in [0, 0.1) is 0 Å². The molecular formula is C16H23NOS. The van der Waals surface area contributed by atoms with E-state index in [4.69, 9.17) is 4.74 Å². The molecule has 19 heavy (non-hydrogen) atoms. The molecule has 2 nitrogen and oxygen atoms in total. The number of hydrogen-bond acceptors (Lipinski definition) is 3. The summed E-state index contributed by atoms with van der Waals surface area (Å²) in [4.78, 5) is 0. The zero-order chi connectivity index (χ0) is 12.9. The topological polar surface area (TPSA) is 21.3 Å². The first-order chi connectivity index (χ1) is 9.42. The van der Waals surface area contributed by atoms with Gasteiger partial charge >= 0.3 is 0 Å². The summed E-state index contributed by atoms with van der Waals surface area (Å²) in [6.07, 6.45) is 6.64. The Hall–Kier alpha value is -0.670. The summed E-state index contributed by atoms with van der Waals surface area (Å²) in [6.45, 7) is 1.17. The summed E-state index contributed by atoms with van der Waals surface area (Å²) in [6, 6.07) is 9.24. The first-order valence-corrected chi connectivity index (χ1v) is 8.63. The van der Waals surface area contributed by atoms with E-state index in [9.17, 15) is 0 Å². The van der Waals surface area contributed by atoms with E-state index in [1.54, 1.807) is 0 Å². The van der Waals surface area contributed by atoms with Crippen LogP contribution < -0.4 is 10.1 Å². The summed E-state index contributed by atoms with van der Waals surface area (Å²) >= 11 is 2.02. The Morgan fingerprint density at radius 2 is 2.16 bits per heavy atom. The van der Waals surface area contributed by atoms with Crippen LogP contribution in [0.25, 0.3) is 0 Å². The molecule has 2 aliphatic rings. The molecule has 2 aliphatic heterocycles. The molecule has 2 heterocycles. The number of thioether (sulfide) groups is 1. The molecule has 3 rings (SSSR count). The fourth-order valence-electron chi connectivity index (χ4n) is 2.97. The van der Waals surface area contributed by atoms with Crippen molar-refractivity contribution >= 4 is 11.8 Å². The normalized spacial score (nSPS) is 27.4. The van der Waals surface area contributed by atoms with Crippen LogP contribution in [-0.4, -0.2) is 30.2 Å². The van der Waals surface area contributed by atoms with Crippen molar-refractivity contribution in [2.45, 2.75) is 44.2 Å². The van der Waals surface area contributed by atoms with Gasteiger partial charge in [0, 0.05) is 11.8 Å². The van der Waals surface area contributed by atoms with Gasteiger partial charge in [0.1, 0.15) is 11.9 Å². The van der Waals surface area contributed by atoms with Gasteiger partial charge in [-0.3, -0.25) is 0 Å². The molecular weight excluding hydrogens is 254 g/mol. The minimum Gasteiger partial charge on any atom is -0.489 e. The number of nitrogens with one attached hydrogen (secondary N) is 1. The predicted molar refractivity (Wildman–Crippen MR) is 82.1 cm³/mol. The van der Waals surface area contributed by atoms with Crippen LogP contribution in [0.4, 0.5) is 0 Å². The van der Waals surface area contributed by atoms with E-state index >= 15 is 0 Å². The highest BCUT2D eigenvalue weighted by molar-refractivity contribution is 7.99. The van der Waals surface area contributed by atoms with E-state index in [0.717, 1.165) is 17.9 Å². The third kappa shape index (κ3) is 3.67. The third-order valence-electron chi connectivity index (χ3n) is 4.01. The van der Waals surface area contributed by atoms with Crippen LogP contribution >= 0.6 is 11.8 Å². The van der Waals surface area contributed by atoms with Gasteiger partial charge in [0.05, 0.1) is 0 Å². The highest BCUT2D eigenvalue weighted by atomic mass is 32.2. The zero-order valence-corrected chi connectivity index (χ0v) is 12.3. The molecule has 0 bridgehead atoms. The number of para-hydroxylation sites is 1. The summed E-state index contributed by atoms with van der Waals surface area (Å²) < 4.78 is 6.25. The molecule has 1 aromatic carbocycles. The van der Waals surface area contributed by atoms with Gasteiger partial charge in [-0.15, -0.1) is 0 Å². The largest absolute Gasteiger partial charge is 0.489 e. The fourth-order valence-corrected chi connectivity index (χ4v) is 4.00. The lowest BCUT2D eigenvalue weighted by atomic mass is 10.0. The Morgan fingerprint density at radius 3 is 2.95 bits per heavy atom. The molecule has 1 aromatic rings. The second-order valence-electron chi connectivity index (χ2n) is 5.56. The van der Waals surface area contributed by atoms with Crippen LogP contribution in [0.5, 0.6) is 5.75 Å². The van der Waals surface area contributed by atoms with Gasteiger partial charge in [-0.25, -0.2) is 0 Å². The smallest absolute Gasteiger partial charge is 0.123 e. The van der Waals surface area contributed by atoms with Gasteiger partial charge in [0.15, 0.2) is 0 Å². The average molecular weight is 277 g/mol. The van der Waals surface area contributed by atoms with Crippen molar-refractivity contribution in [1.29, 1.82) is 0 Å². The third-order valence-corrected chi connectivity index (χ3v) is 5.20. The Balaban J connectivity index is 1.65. The molecule has 104 valence electrons. The molecule has 2 fully saturated rings. The first-order valence-electron chi connectivity index (χ1n) is 7.47. The van der Waals surface area contributed by atoms with E-state index < -0.39 is 0 Å². The molecule has 0 aromatic heterocycles. The molecule has 2 unspecified atom stereocenters.